The zero-order valence-corrected chi connectivity index (χ0v) is 13.4. The monoisotopic (exact) mass is 314 g/mol. The summed E-state index contributed by atoms with van der Waals surface area (Å²) in [6, 6.07) is 5.08. The first-order chi connectivity index (χ1) is 9.81. The molecule has 0 radical (unpaired) electrons. The maximum atomic E-state index is 13.2. The maximum Gasteiger partial charge on any atom is 0.240 e. The molecule has 0 unspecified atom stereocenters. The maximum absolute atomic E-state index is 13.2. The summed E-state index contributed by atoms with van der Waals surface area (Å²) in [5.74, 6) is -0.548. The lowest BCUT2D eigenvalue weighted by atomic mass is 9.99. The van der Waals surface area contributed by atoms with Gasteiger partial charge in [-0.25, -0.2) is 17.5 Å². The van der Waals surface area contributed by atoms with E-state index >= 15 is 0 Å². The fourth-order valence-electron chi connectivity index (χ4n) is 2.60. The summed E-state index contributed by atoms with van der Waals surface area (Å²) in [6.07, 6.45) is 3.54. The molecule has 1 aromatic rings. The summed E-state index contributed by atoms with van der Waals surface area (Å²) in [7, 11) is -3.67. The molecule has 118 valence electrons. The molecule has 4 nitrogen and oxygen atoms in total. The van der Waals surface area contributed by atoms with Gasteiger partial charge in [0, 0.05) is 12.1 Å². The first-order valence-electron chi connectivity index (χ1n) is 7.32. The Balaban J connectivity index is 2.03. The Bertz CT molecular complexity index is 581. The molecule has 0 spiro atoms. The highest BCUT2D eigenvalue weighted by Crippen LogP contribution is 2.20. The number of halogens is 1. The summed E-state index contributed by atoms with van der Waals surface area (Å²) in [4.78, 5) is 2.28. The van der Waals surface area contributed by atoms with Crippen molar-refractivity contribution in [3.8, 4) is 0 Å². The summed E-state index contributed by atoms with van der Waals surface area (Å²) in [5.41, 5.74) is -0.249. The summed E-state index contributed by atoms with van der Waals surface area (Å²) >= 11 is 0. The zero-order chi connectivity index (χ0) is 15.5. The van der Waals surface area contributed by atoms with Crippen molar-refractivity contribution in [2.45, 2.75) is 43.5 Å². The number of hydrogen-bond acceptors (Lipinski definition) is 3. The van der Waals surface area contributed by atoms with E-state index in [1.165, 1.54) is 24.6 Å². The summed E-state index contributed by atoms with van der Waals surface area (Å²) < 4.78 is 40.2. The minimum Gasteiger partial charge on any atom is -0.297 e. The van der Waals surface area contributed by atoms with Gasteiger partial charge in [0.15, 0.2) is 0 Å². The third-order valence-electron chi connectivity index (χ3n) is 4.01. The molecular formula is C15H23FN2O2S. The Hall–Kier alpha value is -0.980. The Morgan fingerprint density at radius 1 is 1.24 bits per heavy atom. The highest BCUT2D eigenvalue weighted by molar-refractivity contribution is 7.89. The van der Waals surface area contributed by atoms with Crippen LogP contribution in [-0.2, 0) is 10.0 Å². The average Bonchev–Trinajstić information content (AvgIpc) is 2.46. The van der Waals surface area contributed by atoms with Crippen LogP contribution in [0.2, 0.25) is 0 Å². The van der Waals surface area contributed by atoms with Crippen LogP contribution in [0.5, 0.6) is 0 Å². The molecule has 1 aromatic carbocycles. The third-order valence-corrected chi connectivity index (χ3v) is 5.41. The molecule has 0 aromatic heterocycles. The molecule has 21 heavy (non-hydrogen) atoms. The van der Waals surface area contributed by atoms with Crippen LogP contribution in [0.1, 0.15) is 33.1 Å². The van der Waals surface area contributed by atoms with Gasteiger partial charge in [0.05, 0.1) is 4.90 Å². The van der Waals surface area contributed by atoms with Gasteiger partial charge in [0.1, 0.15) is 5.82 Å². The fourth-order valence-corrected chi connectivity index (χ4v) is 3.84. The summed E-state index contributed by atoms with van der Waals surface area (Å²) in [6.45, 7) is 6.37. The van der Waals surface area contributed by atoms with Gasteiger partial charge in [-0.3, -0.25) is 4.90 Å². The largest absolute Gasteiger partial charge is 0.297 e. The van der Waals surface area contributed by atoms with Crippen LogP contribution in [-0.4, -0.2) is 38.5 Å². The number of likely N-dealkylation sites (tertiary alicyclic amines) is 1. The number of nitrogens with one attached hydrogen (secondary N) is 1. The lowest BCUT2D eigenvalue weighted by Gasteiger charge is -2.41. The standard InChI is InChI=1S/C15H23FN2O2S/c1-15(2,18-9-4-3-5-10-18)12-17-21(19,20)14-8-6-7-13(16)11-14/h6-8,11,17H,3-5,9-10,12H2,1-2H3. The van der Waals surface area contributed by atoms with Crippen molar-refractivity contribution in [2.24, 2.45) is 0 Å². The molecule has 0 atom stereocenters. The predicted octanol–water partition coefficient (Wildman–Crippen LogP) is 2.37. The minimum atomic E-state index is -3.67. The van der Waals surface area contributed by atoms with Crippen LogP contribution < -0.4 is 4.72 Å². The van der Waals surface area contributed by atoms with E-state index in [1.54, 1.807) is 0 Å². The van der Waals surface area contributed by atoms with Crippen molar-refractivity contribution >= 4 is 10.0 Å². The number of nitrogens with zero attached hydrogens (tertiary/aromatic N) is 1. The molecule has 1 N–H and O–H groups in total. The molecule has 1 aliphatic heterocycles. The van der Waals surface area contributed by atoms with Gasteiger partial charge in [0.25, 0.3) is 0 Å². The second-order valence-corrected chi connectivity index (χ2v) is 7.91. The van der Waals surface area contributed by atoms with Gasteiger partial charge in [-0.2, -0.15) is 0 Å². The average molecular weight is 314 g/mol. The van der Waals surface area contributed by atoms with Crippen LogP contribution in [0.4, 0.5) is 4.39 Å². The Morgan fingerprint density at radius 2 is 1.90 bits per heavy atom. The van der Waals surface area contributed by atoms with E-state index in [0.29, 0.717) is 6.54 Å². The first kappa shape index (κ1) is 16.4. The van der Waals surface area contributed by atoms with Crippen molar-refractivity contribution in [3.63, 3.8) is 0 Å². The number of rotatable bonds is 5. The van der Waals surface area contributed by atoms with E-state index in [4.69, 9.17) is 0 Å². The Morgan fingerprint density at radius 3 is 2.52 bits per heavy atom. The second kappa shape index (κ2) is 6.42. The molecule has 1 aliphatic rings. The van der Waals surface area contributed by atoms with Gasteiger partial charge in [0.2, 0.25) is 10.0 Å². The lowest BCUT2D eigenvalue weighted by Crippen LogP contribution is -2.53. The normalized spacial score (nSPS) is 17.9. The molecule has 0 bridgehead atoms. The van der Waals surface area contributed by atoms with Crippen molar-refractivity contribution in [3.05, 3.63) is 30.1 Å². The topological polar surface area (TPSA) is 49.4 Å². The van der Waals surface area contributed by atoms with E-state index in [-0.39, 0.29) is 10.4 Å². The van der Waals surface area contributed by atoms with Gasteiger partial charge in [-0.1, -0.05) is 12.5 Å². The van der Waals surface area contributed by atoms with Crippen LogP contribution in [0.3, 0.4) is 0 Å². The zero-order valence-electron chi connectivity index (χ0n) is 12.6. The fraction of sp³-hybridized carbons (Fsp3) is 0.600. The smallest absolute Gasteiger partial charge is 0.240 e. The number of hydrogen-bond donors (Lipinski definition) is 1. The Kier molecular flexibility index (Phi) is 5.01. The van der Waals surface area contributed by atoms with E-state index in [2.05, 4.69) is 9.62 Å². The molecule has 2 rings (SSSR count). The third kappa shape index (κ3) is 4.25. The highest BCUT2D eigenvalue weighted by Gasteiger charge is 2.29. The minimum absolute atomic E-state index is 0.0306. The Labute approximate surface area is 126 Å². The summed E-state index contributed by atoms with van der Waals surface area (Å²) in [5, 5.41) is 0. The number of benzene rings is 1. The lowest BCUT2D eigenvalue weighted by molar-refractivity contribution is 0.0990. The van der Waals surface area contributed by atoms with Gasteiger partial charge >= 0.3 is 0 Å². The number of sulfonamides is 1. The van der Waals surface area contributed by atoms with E-state index < -0.39 is 15.8 Å². The SMILES string of the molecule is CC(C)(CNS(=O)(=O)c1cccc(F)c1)N1CCCCC1. The molecule has 1 heterocycles. The van der Waals surface area contributed by atoms with Crippen molar-refractivity contribution < 1.29 is 12.8 Å². The van der Waals surface area contributed by atoms with Crippen molar-refractivity contribution in [1.29, 1.82) is 0 Å². The van der Waals surface area contributed by atoms with Crippen LogP contribution in [0, 0.1) is 5.82 Å². The number of piperidine rings is 1. The van der Waals surface area contributed by atoms with Gasteiger partial charge in [-0.05, 0) is 58.0 Å². The van der Waals surface area contributed by atoms with Crippen molar-refractivity contribution in [2.75, 3.05) is 19.6 Å². The van der Waals surface area contributed by atoms with E-state index in [1.807, 2.05) is 13.8 Å². The predicted molar refractivity (Wildman–Crippen MR) is 81.1 cm³/mol. The molecule has 0 saturated carbocycles. The van der Waals surface area contributed by atoms with Crippen LogP contribution in [0.15, 0.2) is 29.2 Å². The van der Waals surface area contributed by atoms with Gasteiger partial charge < -0.3 is 0 Å². The molecule has 1 fully saturated rings. The molecule has 0 aliphatic carbocycles. The van der Waals surface area contributed by atoms with Crippen molar-refractivity contribution in [1.82, 2.24) is 9.62 Å². The van der Waals surface area contributed by atoms with Gasteiger partial charge in [-0.15, -0.1) is 0 Å². The van der Waals surface area contributed by atoms with E-state index in [9.17, 15) is 12.8 Å². The highest BCUT2D eigenvalue weighted by atomic mass is 32.2. The second-order valence-electron chi connectivity index (χ2n) is 6.14. The molecule has 0 amide bonds. The molecule has 1 saturated heterocycles. The molecular weight excluding hydrogens is 291 g/mol. The quantitative estimate of drug-likeness (QED) is 0.908. The van der Waals surface area contributed by atoms with Crippen LogP contribution in [0.25, 0.3) is 0 Å². The molecule has 6 heteroatoms. The van der Waals surface area contributed by atoms with E-state index in [0.717, 1.165) is 32.0 Å². The van der Waals surface area contributed by atoms with Crippen LogP contribution >= 0.6 is 0 Å². The first-order valence-corrected chi connectivity index (χ1v) is 8.80.